The van der Waals surface area contributed by atoms with Crippen LogP contribution < -0.4 is 10.6 Å². The van der Waals surface area contributed by atoms with E-state index in [-0.39, 0.29) is 24.4 Å². The number of rotatable bonds is 6. The van der Waals surface area contributed by atoms with Crippen LogP contribution in [0.3, 0.4) is 0 Å². The molecule has 2 amide bonds. The number of nitrogens with zero attached hydrogens (tertiary/aromatic N) is 4. The highest BCUT2D eigenvalue weighted by Crippen LogP contribution is 2.25. The van der Waals surface area contributed by atoms with Gasteiger partial charge in [-0.3, -0.25) is 14.7 Å². The van der Waals surface area contributed by atoms with Crippen LogP contribution in [-0.2, 0) is 9.53 Å². The molecular weight excluding hydrogens is 552 g/mol. The molecular formula is C32H37ClN6O3. The SMILES string of the molecule is C[C@@H](NC(=O)[C@H]1CCCCN1C(=O)OC(C)(C)C)c1ccc(Nc2ncc3cc(-c4ccncc4)ccc3n2)cc1.Cl. The monoisotopic (exact) mass is 588 g/mol. The fourth-order valence-corrected chi connectivity index (χ4v) is 4.94. The van der Waals surface area contributed by atoms with Crippen molar-refractivity contribution in [1.29, 1.82) is 0 Å². The van der Waals surface area contributed by atoms with Crippen LogP contribution in [0.25, 0.3) is 22.0 Å². The minimum Gasteiger partial charge on any atom is -0.444 e. The predicted octanol–water partition coefficient (Wildman–Crippen LogP) is 6.82. The number of benzene rings is 2. The zero-order valence-electron chi connectivity index (χ0n) is 24.3. The normalized spacial score (nSPS) is 15.8. The van der Waals surface area contributed by atoms with Gasteiger partial charge in [-0.05, 0) is 100 Å². The van der Waals surface area contributed by atoms with Crippen LogP contribution in [0.2, 0.25) is 0 Å². The fraction of sp³-hybridized carbons (Fsp3) is 0.344. The summed E-state index contributed by atoms with van der Waals surface area (Å²) in [6.07, 6.45) is 7.31. The van der Waals surface area contributed by atoms with Gasteiger partial charge in [-0.2, -0.15) is 0 Å². The van der Waals surface area contributed by atoms with Crippen molar-refractivity contribution in [1.82, 2.24) is 25.2 Å². The second-order valence-electron chi connectivity index (χ2n) is 11.4. The van der Waals surface area contributed by atoms with E-state index in [0.29, 0.717) is 18.9 Å². The first-order valence-electron chi connectivity index (χ1n) is 14.0. The topological polar surface area (TPSA) is 109 Å². The van der Waals surface area contributed by atoms with Crippen LogP contribution in [0.4, 0.5) is 16.4 Å². The molecule has 5 rings (SSSR count). The number of carbonyl (C=O) groups is 2. The van der Waals surface area contributed by atoms with E-state index in [1.165, 1.54) is 0 Å². The Morgan fingerprint density at radius 2 is 1.74 bits per heavy atom. The Kier molecular flexibility index (Phi) is 9.63. The smallest absolute Gasteiger partial charge is 0.410 e. The summed E-state index contributed by atoms with van der Waals surface area (Å²) in [4.78, 5) is 40.7. The van der Waals surface area contributed by atoms with Crippen molar-refractivity contribution < 1.29 is 14.3 Å². The maximum atomic E-state index is 13.2. The molecule has 1 saturated heterocycles. The summed E-state index contributed by atoms with van der Waals surface area (Å²) in [5, 5.41) is 7.30. The quantitative estimate of drug-likeness (QED) is 0.254. The molecule has 0 spiro atoms. The van der Waals surface area contributed by atoms with Gasteiger partial charge in [0.2, 0.25) is 11.9 Å². The third kappa shape index (κ3) is 7.53. The van der Waals surface area contributed by atoms with Crippen LogP contribution in [0, 0.1) is 0 Å². The Labute approximate surface area is 252 Å². The van der Waals surface area contributed by atoms with Gasteiger partial charge in [-0.1, -0.05) is 18.2 Å². The molecule has 0 unspecified atom stereocenters. The molecule has 0 bridgehead atoms. The lowest BCUT2D eigenvalue weighted by atomic mass is 10.0. The minimum absolute atomic E-state index is 0. The molecule has 4 aromatic rings. The summed E-state index contributed by atoms with van der Waals surface area (Å²) < 4.78 is 5.54. The molecule has 2 atom stereocenters. The van der Waals surface area contributed by atoms with Gasteiger partial charge in [0.1, 0.15) is 11.6 Å². The zero-order valence-corrected chi connectivity index (χ0v) is 25.1. The second-order valence-corrected chi connectivity index (χ2v) is 11.4. The molecule has 2 aromatic carbocycles. The highest BCUT2D eigenvalue weighted by molar-refractivity contribution is 5.86. The van der Waals surface area contributed by atoms with E-state index < -0.39 is 17.7 Å². The van der Waals surface area contributed by atoms with Crippen molar-refractivity contribution >= 4 is 46.9 Å². The van der Waals surface area contributed by atoms with Gasteiger partial charge in [0, 0.05) is 36.2 Å². The highest BCUT2D eigenvalue weighted by Gasteiger charge is 2.35. The number of nitrogens with one attached hydrogen (secondary N) is 2. The molecule has 10 heteroatoms. The van der Waals surface area contributed by atoms with Crippen LogP contribution in [0.5, 0.6) is 0 Å². The Hall–Kier alpha value is -4.24. The van der Waals surface area contributed by atoms with Gasteiger partial charge in [0.25, 0.3) is 0 Å². The summed E-state index contributed by atoms with van der Waals surface area (Å²) in [5.74, 6) is 0.338. The first kappa shape index (κ1) is 30.7. The molecule has 220 valence electrons. The molecule has 0 aliphatic carbocycles. The molecule has 42 heavy (non-hydrogen) atoms. The Balaban J connectivity index is 0.00000405. The van der Waals surface area contributed by atoms with E-state index in [2.05, 4.69) is 31.7 Å². The average molecular weight is 589 g/mol. The van der Waals surface area contributed by atoms with E-state index in [1.807, 2.05) is 82.4 Å². The first-order valence-corrected chi connectivity index (χ1v) is 14.0. The molecule has 1 aliphatic heterocycles. The standard InChI is InChI=1S/C32H36N6O3.ClH/c1-21(35-29(39)28-7-5-6-18-38(28)31(40)41-32(2,3)4)22-8-11-26(12-9-22)36-30-34-20-25-19-24(10-13-27(25)37-30)23-14-16-33-17-15-23;/h8-17,19-21,28H,5-7,18H2,1-4H3,(H,35,39)(H,34,36,37);1H/t21-,28-;/m1./s1. The van der Waals surface area contributed by atoms with Crippen molar-refractivity contribution in [3.8, 4) is 11.1 Å². The Morgan fingerprint density at radius 1 is 1.00 bits per heavy atom. The number of aromatic nitrogens is 3. The van der Waals surface area contributed by atoms with Crippen LogP contribution >= 0.6 is 12.4 Å². The average Bonchev–Trinajstić information content (AvgIpc) is 2.97. The number of halogens is 1. The lowest BCUT2D eigenvalue weighted by Crippen LogP contribution is -2.53. The third-order valence-electron chi connectivity index (χ3n) is 7.05. The van der Waals surface area contributed by atoms with Crippen molar-refractivity contribution in [3.63, 3.8) is 0 Å². The van der Waals surface area contributed by atoms with Crippen molar-refractivity contribution in [2.24, 2.45) is 0 Å². The summed E-state index contributed by atoms with van der Waals surface area (Å²) in [6, 6.07) is 17.1. The maximum Gasteiger partial charge on any atom is 0.410 e. The summed E-state index contributed by atoms with van der Waals surface area (Å²) in [7, 11) is 0. The van der Waals surface area contributed by atoms with Crippen molar-refractivity contribution in [2.45, 2.75) is 64.6 Å². The number of piperidine rings is 1. The van der Waals surface area contributed by atoms with Gasteiger partial charge in [0.05, 0.1) is 11.6 Å². The predicted molar refractivity (Wildman–Crippen MR) is 167 cm³/mol. The maximum absolute atomic E-state index is 13.2. The number of anilines is 2. The van der Waals surface area contributed by atoms with Crippen molar-refractivity contribution in [3.05, 3.63) is 78.8 Å². The summed E-state index contributed by atoms with van der Waals surface area (Å²) in [5.41, 5.74) is 4.20. The number of carbonyl (C=O) groups excluding carboxylic acids is 2. The first-order chi connectivity index (χ1) is 19.7. The molecule has 2 aromatic heterocycles. The van der Waals surface area contributed by atoms with Crippen LogP contribution in [0.1, 0.15) is 58.6 Å². The highest BCUT2D eigenvalue weighted by atomic mass is 35.5. The molecule has 0 radical (unpaired) electrons. The lowest BCUT2D eigenvalue weighted by molar-refractivity contribution is -0.128. The van der Waals surface area contributed by atoms with E-state index in [9.17, 15) is 9.59 Å². The third-order valence-corrected chi connectivity index (χ3v) is 7.05. The molecule has 1 fully saturated rings. The fourth-order valence-electron chi connectivity index (χ4n) is 4.94. The largest absolute Gasteiger partial charge is 0.444 e. The molecule has 3 heterocycles. The molecule has 9 nitrogen and oxygen atoms in total. The lowest BCUT2D eigenvalue weighted by Gasteiger charge is -2.36. The van der Waals surface area contributed by atoms with Gasteiger partial charge >= 0.3 is 6.09 Å². The van der Waals surface area contributed by atoms with Crippen molar-refractivity contribution in [2.75, 3.05) is 11.9 Å². The van der Waals surface area contributed by atoms with E-state index >= 15 is 0 Å². The summed E-state index contributed by atoms with van der Waals surface area (Å²) >= 11 is 0. The van der Waals surface area contributed by atoms with Gasteiger partial charge in [-0.25, -0.2) is 14.8 Å². The number of pyridine rings is 1. The number of hydrogen-bond donors (Lipinski definition) is 2. The number of fused-ring (bicyclic) bond motifs is 1. The van der Waals surface area contributed by atoms with E-state index in [4.69, 9.17) is 4.74 Å². The van der Waals surface area contributed by atoms with Gasteiger partial charge in [0.15, 0.2) is 0 Å². The zero-order chi connectivity index (χ0) is 29.0. The molecule has 1 aliphatic rings. The number of ether oxygens (including phenoxy) is 1. The van der Waals surface area contributed by atoms with Crippen LogP contribution in [0.15, 0.2) is 73.2 Å². The Morgan fingerprint density at radius 3 is 2.45 bits per heavy atom. The number of likely N-dealkylation sites (tertiary alicyclic amines) is 1. The molecule has 0 saturated carbocycles. The second kappa shape index (κ2) is 13.2. The number of hydrogen-bond acceptors (Lipinski definition) is 7. The number of amides is 2. The van der Waals surface area contributed by atoms with Crippen LogP contribution in [-0.4, -0.2) is 50.0 Å². The summed E-state index contributed by atoms with van der Waals surface area (Å²) in [6.45, 7) is 7.95. The van der Waals surface area contributed by atoms with Gasteiger partial charge < -0.3 is 15.4 Å². The minimum atomic E-state index is -0.611. The van der Waals surface area contributed by atoms with Gasteiger partial charge in [-0.15, -0.1) is 12.4 Å². The molecule has 2 N–H and O–H groups in total. The Bertz CT molecular complexity index is 1530. The van der Waals surface area contributed by atoms with E-state index in [1.54, 1.807) is 17.3 Å². The van der Waals surface area contributed by atoms with E-state index in [0.717, 1.165) is 46.1 Å².